The van der Waals surface area contributed by atoms with Crippen LogP contribution in [0.3, 0.4) is 0 Å². The van der Waals surface area contributed by atoms with Crippen LogP contribution in [0.2, 0.25) is 0 Å². The van der Waals surface area contributed by atoms with Crippen molar-refractivity contribution in [3.05, 3.63) is 59.7 Å². The number of likely N-dealkylation sites (tertiary alicyclic amines) is 1. The molecule has 2 aromatic rings. The van der Waals surface area contributed by atoms with Gasteiger partial charge in [-0.3, -0.25) is 9.69 Å². The van der Waals surface area contributed by atoms with E-state index in [0.717, 1.165) is 11.1 Å². The van der Waals surface area contributed by atoms with Crippen molar-refractivity contribution in [2.24, 2.45) is 0 Å². The molecule has 0 unspecified atom stereocenters. The topological polar surface area (TPSA) is 65.1 Å². The van der Waals surface area contributed by atoms with E-state index < -0.39 is 18.2 Å². The standard InChI is InChI=1S/C22H21NO5/c1-26-19-10-23(20-18(24)12-27-21(19)20)22(25)28-11-17-15-8-4-2-6-13(15)14-7-3-5-9-16(14)17/h2-9,17,19-21H,10-12H2,1H3/t19-,20-,21-/m1/s1. The fourth-order valence-corrected chi connectivity index (χ4v) is 4.68. The minimum Gasteiger partial charge on any atom is -0.448 e. The fraction of sp³-hybridized carbons (Fsp3) is 0.364. The van der Waals surface area contributed by atoms with Gasteiger partial charge >= 0.3 is 6.09 Å². The highest BCUT2D eigenvalue weighted by Gasteiger charge is 2.53. The van der Waals surface area contributed by atoms with E-state index in [9.17, 15) is 9.59 Å². The van der Waals surface area contributed by atoms with E-state index >= 15 is 0 Å². The first-order valence-corrected chi connectivity index (χ1v) is 9.47. The SMILES string of the molecule is CO[C@@H]1CN(C(=O)OCC2c3ccccc3-c3ccccc32)[C@@H]2C(=O)CO[C@@H]21. The summed E-state index contributed by atoms with van der Waals surface area (Å²) in [6, 6.07) is 15.8. The Hall–Kier alpha value is -2.70. The minimum atomic E-state index is -0.611. The van der Waals surface area contributed by atoms with Crippen molar-refractivity contribution < 1.29 is 23.8 Å². The summed E-state index contributed by atoms with van der Waals surface area (Å²) < 4.78 is 16.6. The number of hydrogen-bond donors (Lipinski definition) is 0. The van der Waals surface area contributed by atoms with E-state index in [1.54, 1.807) is 7.11 Å². The smallest absolute Gasteiger partial charge is 0.410 e. The summed E-state index contributed by atoms with van der Waals surface area (Å²) in [5.74, 6) is -0.110. The van der Waals surface area contributed by atoms with E-state index in [1.807, 2.05) is 24.3 Å². The fourth-order valence-electron chi connectivity index (χ4n) is 4.68. The van der Waals surface area contributed by atoms with Crippen molar-refractivity contribution in [3.8, 4) is 11.1 Å². The van der Waals surface area contributed by atoms with Gasteiger partial charge in [-0.25, -0.2) is 4.79 Å². The number of hydrogen-bond acceptors (Lipinski definition) is 5. The van der Waals surface area contributed by atoms with Crippen molar-refractivity contribution in [1.29, 1.82) is 0 Å². The van der Waals surface area contributed by atoms with Crippen LogP contribution in [0.5, 0.6) is 0 Å². The Morgan fingerprint density at radius 3 is 2.39 bits per heavy atom. The molecule has 0 saturated carbocycles. The number of rotatable bonds is 3. The Morgan fingerprint density at radius 1 is 1.11 bits per heavy atom. The summed E-state index contributed by atoms with van der Waals surface area (Å²) in [7, 11) is 1.56. The molecule has 1 amide bonds. The first-order chi connectivity index (χ1) is 13.7. The molecule has 0 aromatic heterocycles. The Kier molecular flexibility index (Phi) is 4.18. The number of methoxy groups -OCH3 is 1. The molecule has 28 heavy (non-hydrogen) atoms. The maximum absolute atomic E-state index is 12.8. The number of amides is 1. The van der Waals surface area contributed by atoms with Crippen LogP contribution in [-0.4, -0.2) is 61.9 Å². The first kappa shape index (κ1) is 17.4. The normalized spacial score (nSPS) is 25.5. The highest BCUT2D eigenvalue weighted by Crippen LogP contribution is 2.44. The van der Waals surface area contributed by atoms with Gasteiger partial charge in [-0.15, -0.1) is 0 Å². The molecular weight excluding hydrogens is 358 g/mol. The lowest BCUT2D eigenvalue weighted by Gasteiger charge is -2.22. The van der Waals surface area contributed by atoms with Gasteiger partial charge in [0, 0.05) is 13.0 Å². The molecule has 144 valence electrons. The highest BCUT2D eigenvalue weighted by molar-refractivity contribution is 5.91. The van der Waals surface area contributed by atoms with Crippen molar-refractivity contribution in [3.63, 3.8) is 0 Å². The molecule has 6 heteroatoms. The molecule has 3 aliphatic rings. The molecule has 1 aliphatic carbocycles. The van der Waals surface area contributed by atoms with E-state index in [0.29, 0.717) is 6.54 Å². The van der Waals surface area contributed by atoms with E-state index in [2.05, 4.69) is 24.3 Å². The second-order valence-electron chi connectivity index (χ2n) is 7.42. The van der Waals surface area contributed by atoms with Gasteiger partial charge in [0.05, 0.1) is 6.54 Å². The van der Waals surface area contributed by atoms with Gasteiger partial charge in [-0.1, -0.05) is 48.5 Å². The van der Waals surface area contributed by atoms with E-state index in [-0.39, 0.29) is 31.0 Å². The molecule has 0 radical (unpaired) electrons. The van der Waals surface area contributed by atoms with Crippen molar-refractivity contribution in [2.75, 3.05) is 26.9 Å². The Morgan fingerprint density at radius 2 is 1.75 bits per heavy atom. The quantitative estimate of drug-likeness (QED) is 0.820. The average Bonchev–Trinajstić information content (AvgIpc) is 3.38. The van der Waals surface area contributed by atoms with Crippen LogP contribution >= 0.6 is 0 Å². The van der Waals surface area contributed by atoms with Gasteiger partial charge in [-0.2, -0.15) is 0 Å². The molecule has 6 nitrogen and oxygen atoms in total. The summed E-state index contributed by atoms with van der Waals surface area (Å²) in [5.41, 5.74) is 4.68. The van der Waals surface area contributed by atoms with E-state index in [1.165, 1.54) is 16.0 Å². The van der Waals surface area contributed by atoms with Crippen molar-refractivity contribution in [2.45, 2.75) is 24.2 Å². The predicted octanol–water partition coefficient (Wildman–Crippen LogP) is 2.60. The van der Waals surface area contributed by atoms with Crippen LogP contribution in [0.4, 0.5) is 4.79 Å². The molecule has 2 fully saturated rings. The summed E-state index contributed by atoms with van der Waals surface area (Å²) >= 11 is 0. The largest absolute Gasteiger partial charge is 0.448 e. The van der Waals surface area contributed by atoms with Gasteiger partial charge in [0.15, 0.2) is 5.78 Å². The van der Waals surface area contributed by atoms with Gasteiger partial charge in [0.25, 0.3) is 0 Å². The lowest BCUT2D eigenvalue weighted by molar-refractivity contribution is -0.121. The summed E-state index contributed by atoms with van der Waals surface area (Å²) in [6.07, 6.45) is -1.20. The zero-order valence-electron chi connectivity index (χ0n) is 15.5. The molecule has 0 spiro atoms. The van der Waals surface area contributed by atoms with Gasteiger partial charge in [-0.05, 0) is 22.3 Å². The molecule has 2 aliphatic heterocycles. The summed E-state index contributed by atoms with van der Waals surface area (Å²) in [6.45, 7) is 0.546. The molecule has 0 N–H and O–H groups in total. The molecule has 3 atom stereocenters. The number of Topliss-reactive ketones (excluding diaryl/α,β-unsaturated/α-hetero) is 1. The van der Waals surface area contributed by atoms with Gasteiger partial charge in [0.1, 0.15) is 31.5 Å². The molecule has 2 aromatic carbocycles. The lowest BCUT2D eigenvalue weighted by atomic mass is 9.98. The summed E-state index contributed by atoms with van der Waals surface area (Å²) in [4.78, 5) is 26.5. The zero-order chi connectivity index (χ0) is 19.3. The number of fused-ring (bicyclic) bond motifs is 4. The minimum absolute atomic E-state index is 0.0106. The summed E-state index contributed by atoms with van der Waals surface area (Å²) in [5, 5.41) is 0. The second kappa shape index (κ2) is 6.72. The molecule has 2 heterocycles. The number of carbonyl (C=O) groups is 2. The Labute approximate surface area is 163 Å². The van der Waals surface area contributed by atoms with Gasteiger partial charge in [0.2, 0.25) is 0 Å². The van der Waals surface area contributed by atoms with Crippen LogP contribution in [0, 0.1) is 0 Å². The third-order valence-electron chi connectivity index (χ3n) is 6.01. The number of ketones is 1. The third-order valence-corrected chi connectivity index (χ3v) is 6.01. The molecule has 5 rings (SSSR count). The van der Waals surface area contributed by atoms with E-state index in [4.69, 9.17) is 14.2 Å². The third kappa shape index (κ3) is 2.56. The van der Waals surface area contributed by atoms with Crippen LogP contribution < -0.4 is 0 Å². The predicted molar refractivity (Wildman–Crippen MR) is 101 cm³/mol. The zero-order valence-corrected chi connectivity index (χ0v) is 15.5. The molecule has 2 saturated heterocycles. The molecular formula is C22H21NO5. The number of nitrogens with zero attached hydrogens (tertiary/aromatic N) is 1. The maximum atomic E-state index is 12.8. The van der Waals surface area contributed by atoms with Crippen molar-refractivity contribution in [1.82, 2.24) is 4.90 Å². The molecule has 0 bridgehead atoms. The number of carbonyl (C=O) groups excluding carboxylic acids is 2. The Balaban J connectivity index is 1.35. The lowest BCUT2D eigenvalue weighted by Crippen LogP contribution is -2.42. The van der Waals surface area contributed by atoms with Crippen LogP contribution in [0.1, 0.15) is 17.0 Å². The van der Waals surface area contributed by atoms with Crippen LogP contribution in [-0.2, 0) is 19.0 Å². The second-order valence-corrected chi connectivity index (χ2v) is 7.42. The van der Waals surface area contributed by atoms with Crippen molar-refractivity contribution >= 4 is 11.9 Å². The number of benzene rings is 2. The highest BCUT2D eigenvalue weighted by atomic mass is 16.6. The van der Waals surface area contributed by atoms with Gasteiger partial charge < -0.3 is 14.2 Å². The average molecular weight is 379 g/mol. The number of ether oxygens (including phenoxy) is 3. The Bertz CT molecular complexity index is 897. The maximum Gasteiger partial charge on any atom is 0.410 e. The monoisotopic (exact) mass is 379 g/mol. The van der Waals surface area contributed by atoms with Crippen LogP contribution in [0.25, 0.3) is 11.1 Å². The van der Waals surface area contributed by atoms with Crippen LogP contribution in [0.15, 0.2) is 48.5 Å². The first-order valence-electron chi connectivity index (χ1n) is 9.47.